The molecule has 3 amide bonds. The Labute approximate surface area is 169 Å². The number of rotatable bonds is 18. The molecule has 0 heterocycles. The molecule has 164 valence electrons. The quantitative estimate of drug-likeness (QED) is 0.218. The maximum atomic E-state index is 12.3. The summed E-state index contributed by atoms with van der Waals surface area (Å²) in [5.41, 5.74) is 10.6. The fourth-order valence-corrected chi connectivity index (χ4v) is 2.84. The van der Waals surface area contributed by atoms with Crippen molar-refractivity contribution in [1.82, 2.24) is 10.6 Å². The molecule has 0 spiro atoms. The van der Waals surface area contributed by atoms with Gasteiger partial charge in [0.15, 0.2) is 0 Å². The Kier molecular flexibility index (Phi) is 16.4. The molecule has 0 aromatic rings. The molecule has 0 aliphatic rings. The number of aliphatic hydroxyl groups excluding tert-OH is 1. The third-order valence-corrected chi connectivity index (χ3v) is 4.61. The Bertz CT molecular complexity index is 444. The average molecular weight is 401 g/mol. The van der Waals surface area contributed by atoms with E-state index in [4.69, 9.17) is 16.6 Å². The normalized spacial score (nSPS) is 13.0. The third-order valence-electron chi connectivity index (χ3n) is 4.61. The van der Waals surface area contributed by atoms with Gasteiger partial charge < -0.3 is 27.2 Å². The smallest absolute Gasteiger partial charge is 0.242 e. The zero-order valence-electron chi connectivity index (χ0n) is 17.4. The first kappa shape index (κ1) is 26.3. The highest BCUT2D eigenvalue weighted by atomic mass is 16.3. The summed E-state index contributed by atoms with van der Waals surface area (Å²) in [5.74, 6) is -1.25. The number of primary amides is 1. The molecule has 28 heavy (non-hydrogen) atoms. The van der Waals surface area contributed by atoms with Crippen LogP contribution in [0.2, 0.25) is 0 Å². The Balaban J connectivity index is 3.86. The molecule has 0 aliphatic carbocycles. The predicted octanol–water partition coefficient (Wildman–Crippen LogP) is 1.09. The number of unbranched alkanes of at least 4 members (excludes halogenated alkanes) is 9. The molecule has 0 saturated heterocycles. The Morgan fingerprint density at radius 2 is 1.36 bits per heavy atom. The van der Waals surface area contributed by atoms with Crippen LogP contribution >= 0.6 is 0 Å². The van der Waals surface area contributed by atoms with Crippen molar-refractivity contribution in [2.75, 3.05) is 13.2 Å². The van der Waals surface area contributed by atoms with E-state index in [2.05, 4.69) is 10.6 Å². The predicted molar refractivity (Wildman–Crippen MR) is 110 cm³/mol. The Morgan fingerprint density at radius 3 is 1.82 bits per heavy atom. The summed E-state index contributed by atoms with van der Waals surface area (Å²) < 4.78 is 0. The summed E-state index contributed by atoms with van der Waals surface area (Å²) in [5, 5.41) is 14.1. The lowest BCUT2D eigenvalue weighted by molar-refractivity contribution is -0.130. The van der Waals surface area contributed by atoms with Gasteiger partial charge in [0.25, 0.3) is 0 Å². The van der Waals surface area contributed by atoms with Gasteiger partial charge in [-0.1, -0.05) is 51.4 Å². The van der Waals surface area contributed by atoms with Gasteiger partial charge in [0.1, 0.15) is 6.04 Å². The van der Waals surface area contributed by atoms with Gasteiger partial charge in [-0.15, -0.1) is 0 Å². The van der Waals surface area contributed by atoms with Crippen LogP contribution in [0.4, 0.5) is 0 Å². The minimum Gasteiger partial charge on any atom is -0.396 e. The van der Waals surface area contributed by atoms with Gasteiger partial charge in [-0.05, 0) is 26.2 Å². The molecule has 0 saturated carbocycles. The van der Waals surface area contributed by atoms with Crippen LogP contribution in [0.25, 0.3) is 0 Å². The number of hydrogen-bond donors (Lipinski definition) is 5. The number of amides is 3. The highest BCUT2D eigenvalue weighted by Crippen LogP contribution is 2.10. The molecule has 0 aromatic heterocycles. The molecule has 0 unspecified atom stereocenters. The molecule has 0 fully saturated rings. The van der Waals surface area contributed by atoms with E-state index in [0.29, 0.717) is 13.2 Å². The number of carbonyl (C=O) groups is 3. The second-order valence-corrected chi connectivity index (χ2v) is 7.41. The SMILES string of the molecule is C[C@@H](N)C(=O)N[C@@H](CCC(N)=O)C(=O)NCCCCCCCCCCCCO. The maximum absolute atomic E-state index is 12.3. The van der Waals surface area contributed by atoms with Crippen LogP contribution in [0.1, 0.15) is 84.0 Å². The second-order valence-electron chi connectivity index (χ2n) is 7.41. The molecule has 0 bridgehead atoms. The summed E-state index contributed by atoms with van der Waals surface area (Å²) in [6.45, 7) is 2.37. The molecule has 0 aliphatic heterocycles. The van der Waals surface area contributed by atoms with Gasteiger partial charge >= 0.3 is 0 Å². The monoisotopic (exact) mass is 400 g/mol. The van der Waals surface area contributed by atoms with Crippen LogP contribution < -0.4 is 22.1 Å². The number of nitrogens with two attached hydrogens (primary N) is 2. The van der Waals surface area contributed by atoms with Crippen LogP contribution in [-0.2, 0) is 14.4 Å². The number of aliphatic hydroxyl groups is 1. The van der Waals surface area contributed by atoms with Gasteiger partial charge in [-0.25, -0.2) is 0 Å². The molecular weight excluding hydrogens is 360 g/mol. The van der Waals surface area contributed by atoms with Crippen LogP contribution in [0.5, 0.6) is 0 Å². The molecule has 8 nitrogen and oxygen atoms in total. The van der Waals surface area contributed by atoms with E-state index in [1.54, 1.807) is 0 Å². The fourth-order valence-electron chi connectivity index (χ4n) is 2.84. The summed E-state index contributed by atoms with van der Waals surface area (Å²) in [7, 11) is 0. The number of hydrogen-bond acceptors (Lipinski definition) is 5. The van der Waals surface area contributed by atoms with E-state index in [9.17, 15) is 14.4 Å². The summed E-state index contributed by atoms with van der Waals surface area (Å²) in [6, 6.07) is -1.52. The van der Waals surface area contributed by atoms with Crippen molar-refractivity contribution in [3.63, 3.8) is 0 Å². The second kappa shape index (κ2) is 17.4. The molecule has 8 heteroatoms. The lowest BCUT2D eigenvalue weighted by atomic mass is 10.1. The lowest BCUT2D eigenvalue weighted by Gasteiger charge is -2.19. The van der Waals surface area contributed by atoms with Crippen LogP contribution in [-0.4, -0.2) is 48.1 Å². The molecule has 0 rings (SSSR count). The Morgan fingerprint density at radius 1 is 0.857 bits per heavy atom. The van der Waals surface area contributed by atoms with Crippen LogP contribution in [0.15, 0.2) is 0 Å². The van der Waals surface area contributed by atoms with Gasteiger partial charge in [-0.3, -0.25) is 14.4 Å². The van der Waals surface area contributed by atoms with E-state index in [1.165, 1.54) is 39.0 Å². The van der Waals surface area contributed by atoms with E-state index in [-0.39, 0.29) is 18.7 Å². The van der Waals surface area contributed by atoms with Crippen molar-refractivity contribution in [2.45, 2.75) is 96.1 Å². The lowest BCUT2D eigenvalue weighted by Crippen LogP contribution is -2.51. The van der Waals surface area contributed by atoms with Crippen molar-refractivity contribution in [2.24, 2.45) is 11.5 Å². The standard InChI is InChI=1S/C20H40N4O4/c1-16(21)19(27)24-17(12-13-18(22)26)20(28)23-14-10-8-6-4-2-3-5-7-9-11-15-25/h16-17,25H,2-15,21H2,1H3,(H2,22,26)(H,23,28)(H,24,27)/t16-,17+/m1/s1. The molecule has 7 N–H and O–H groups in total. The van der Waals surface area contributed by atoms with Crippen molar-refractivity contribution < 1.29 is 19.5 Å². The summed E-state index contributed by atoms with van der Waals surface area (Å²) >= 11 is 0. The Hall–Kier alpha value is -1.67. The first-order valence-electron chi connectivity index (χ1n) is 10.6. The van der Waals surface area contributed by atoms with Crippen molar-refractivity contribution in [1.29, 1.82) is 0 Å². The van der Waals surface area contributed by atoms with Crippen LogP contribution in [0, 0.1) is 0 Å². The average Bonchev–Trinajstić information content (AvgIpc) is 2.65. The summed E-state index contributed by atoms with van der Waals surface area (Å²) in [4.78, 5) is 35.0. The highest BCUT2D eigenvalue weighted by molar-refractivity contribution is 5.89. The fraction of sp³-hybridized carbons (Fsp3) is 0.850. The highest BCUT2D eigenvalue weighted by Gasteiger charge is 2.22. The van der Waals surface area contributed by atoms with Gasteiger partial charge in [0, 0.05) is 19.6 Å². The van der Waals surface area contributed by atoms with E-state index in [1.807, 2.05) is 0 Å². The topological polar surface area (TPSA) is 148 Å². The molecular formula is C20H40N4O4. The number of carbonyl (C=O) groups excluding carboxylic acids is 3. The first-order valence-corrected chi connectivity index (χ1v) is 10.6. The molecule has 2 atom stereocenters. The third kappa shape index (κ3) is 15.4. The van der Waals surface area contributed by atoms with E-state index < -0.39 is 23.9 Å². The van der Waals surface area contributed by atoms with Crippen molar-refractivity contribution in [3.8, 4) is 0 Å². The van der Waals surface area contributed by atoms with Crippen LogP contribution in [0.3, 0.4) is 0 Å². The van der Waals surface area contributed by atoms with Gasteiger partial charge in [0.2, 0.25) is 17.7 Å². The molecule has 0 aromatic carbocycles. The first-order chi connectivity index (χ1) is 13.4. The van der Waals surface area contributed by atoms with E-state index in [0.717, 1.165) is 32.1 Å². The molecule has 0 radical (unpaired) electrons. The largest absolute Gasteiger partial charge is 0.396 e. The zero-order valence-corrected chi connectivity index (χ0v) is 17.4. The maximum Gasteiger partial charge on any atom is 0.242 e. The summed E-state index contributed by atoms with van der Waals surface area (Å²) in [6.07, 6.45) is 11.4. The van der Waals surface area contributed by atoms with Gasteiger partial charge in [-0.2, -0.15) is 0 Å². The minimum atomic E-state index is -0.795. The van der Waals surface area contributed by atoms with Crippen molar-refractivity contribution >= 4 is 17.7 Å². The number of nitrogens with one attached hydrogen (secondary N) is 2. The minimum absolute atomic E-state index is 0.0251. The van der Waals surface area contributed by atoms with Gasteiger partial charge in [0.05, 0.1) is 6.04 Å². The van der Waals surface area contributed by atoms with E-state index >= 15 is 0 Å². The zero-order chi connectivity index (χ0) is 21.2. The van der Waals surface area contributed by atoms with Crippen molar-refractivity contribution in [3.05, 3.63) is 0 Å².